The lowest BCUT2D eigenvalue weighted by Gasteiger charge is -2.27. The highest BCUT2D eigenvalue weighted by molar-refractivity contribution is 7.72. The Morgan fingerprint density at radius 1 is 1.23 bits per heavy atom. The van der Waals surface area contributed by atoms with Gasteiger partial charge in [-0.1, -0.05) is 0 Å². The summed E-state index contributed by atoms with van der Waals surface area (Å²) in [5.74, 6) is -1.79. The van der Waals surface area contributed by atoms with Crippen LogP contribution in [0.5, 0.6) is 11.5 Å². The monoisotopic (exact) mass is 427 g/mol. The highest BCUT2D eigenvalue weighted by Crippen LogP contribution is 2.60. The zero-order chi connectivity index (χ0) is 21.1. The molecule has 2 aliphatic carbocycles. The van der Waals surface area contributed by atoms with Gasteiger partial charge in [0.1, 0.15) is 24.5 Å². The fourth-order valence-electron chi connectivity index (χ4n) is 4.36. The van der Waals surface area contributed by atoms with Crippen LogP contribution in [0.3, 0.4) is 0 Å². The number of nitrogens with zero attached hydrogens (tertiary/aromatic N) is 1. The van der Waals surface area contributed by atoms with Crippen molar-refractivity contribution in [1.29, 1.82) is 5.26 Å². The molecule has 1 saturated carbocycles. The summed E-state index contributed by atoms with van der Waals surface area (Å²) in [6.45, 7) is 2.42. The Hall–Kier alpha value is -2.52. The second-order valence-electron chi connectivity index (χ2n) is 7.99. The molecular formula is C22H19FNO5P. The molecule has 2 aromatic rings. The van der Waals surface area contributed by atoms with Crippen molar-refractivity contribution in [2.75, 3.05) is 19.9 Å². The molecule has 0 aromatic heterocycles. The van der Waals surface area contributed by atoms with Gasteiger partial charge < -0.3 is 18.8 Å². The van der Waals surface area contributed by atoms with Gasteiger partial charge in [-0.3, -0.25) is 4.79 Å². The molecule has 3 aliphatic rings. The molecule has 154 valence electrons. The van der Waals surface area contributed by atoms with Gasteiger partial charge in [0.2, 0.25) is 5.79 Å². The molecule has 1 heterocycles. The zero-order valence-electron chi connectivity index (χ0n) is 16.3. The van der Waals surface area contributed by atoms with Gasteiger partial charge in [-0.25, -0.2) is 4.39 Å². The summed E-state index contributed by atoms with van der Waals surface area (Å²) in [5, 5.41) is 9.68. The number of halogens is 1. The molecule has 6 nitrogen and oxygen atoms in total. The van der Waals surface area contributed by atoms with Crippen molar-refractivity contribution < 1.29 is 28.0 Å². The molecule has 2 aromatic carbocycles. The van der Waals surface area contributed by atoms with Crippen LogP contribution in [0.2, 0.25) is 0 Å². The van der Waals surface area contributed by atoms with E-state index in [1.165, 1.54) is 6.07 Å². The first-order valence-electron chi connectivity index (χ1n) is 9.79. The van der Waals surface area contributed by atoms with E-state index in [0.717, 1.165) is 25.0 Å². The van der Waals surface area contributed by atoms with Gasteiger partial charge in [-0.2, -0.15) is 5.26 Å². The topological polar surface area (TPSA) is 85.6 Å². The predicted octanol–water partition coefficient (Wildman–Crippen LogP) is 4.06. The van der Waals surface area contributed by atoms with Crippen molar-refractivity contribution in [1.82, 2.24) is 0 Å². The van der Waals surface area contributed by atoms with E-state index in [4.69, 9.17) is 19.5 Å². The van der Waals surface area contributed by atoms with Gasteiger partial charge in [0.25, 0.3) is 0 Å². The van der Waals surface area contributed by atoms with Crippen molar-refractivity contribution >= 4 is 18.2 Å². The average molecular weight is 427 g/mol. The molecule has 2 fully saturated rings. The summed E-state index contributed by atoms with van der Waals surface area (Å²) >= 11 is 0. The second-order valence-corrected chi connectivity index (χ2v) is 11.2. The number of carbonyl (C=O) groups excluding carboxylic acids is 1. The van der Waals surface area contributed by atoms with E-state index >= 15 is 0 Å². The van der Waals surface area contributed by atoms with Crippen LogP contribution in [0.15, 0.2) is 30.3 Å². The first-order chi connectivity index (χ1) is 14.3. The summed E-state index contributed by atoms with van der Waals surface area (Å²) in [4.78, 5) is 13.0. The first-order valence-corrected chi connectivity index (χ1v) is 12.0. The predicted molar refractivity (Wildman–Crippen MR) is 106 cm³/mol. The van der Waals surface area contributed by atoms with E-state index in [2.05, 4.69) is 0 Å². The summed E-state index contributed by atoms with van der Waals surface area (Å²) in [5.41, 5.74) is 0.955. The van der Waals surface area contributed by atoms with Crippen molar-refractivity contribution in [2.45, 2.75) is 30.7 Å². The van der Waals surface area contributed by atoms with Crippen LogP contribution in [0.4, 0.5) is 4.39 Å². The molecule has 0 amide bonds. The average Bonchev–Trinajstić information content (AvgIpc) is 3.41. The van der Waals surface area contributed by atoms with Crippen LogP contribution in [0, 0.1) is 17.1 Å². The lowest BCUT2D eigenvalue weighted by Crippen LogP contribution is -2.30. The highest BCUT2D eigenvalue weighted by Gasteiger charge is 2.54. The lowest BCUT2D eigenvalue weighted by atomic mass is 10.1. The van der Waals surface area contributed by atoms with Crippen LogP contribution >= 0.6 is 7.14 Å². The summed E-state index contributed by atoms with van der Waals surface area (Å²) < 4.78 is 45.1. The van der Waals surface area contributed by atoms with E-state index < -0.39 is 18.7 Å². The summed E-state index contributed by atoms with van der Waals surface area (Å²) in [6, 6.07) is 8.83. The number of rotatable bonds is 4. The number of fused-ring (bicyclic) bond motifs is 2. The molecule has 0 bridgehead atoms. The van der Waals surface area contributed by atoms with Gasteiger partial charge in [0.05, 0.1) is 36.8 Å². The van der Waals surface area contributed by atoms with Gasteiger partial charge in [-0.05, 0) is 43.8 Å². The van der Waals surface area contributed by atoms with Crippen LogP contribution in [0.1, 0.15) is 40.7 Å². The third-order valence-corrected chi connectivity index (χ3v) is 9.14. The van der Waals surface area contributed by atoms with E-state index in [9.17, 15) is 13.8 Å². The number of carbonyl (C=O) groups is 1. The van der Waals surface area contributed by atoms with Crippen molar-refractivity contribution in [3.63, 3.8) is 0 Å². The largest absolute Gasteiger partial charge is 0.456 e. The maximum absolute atomic E-state index is 13.8. The molecule has 5 rings (SSSR count). The van der Waals surface area contributed by atoms with E-state index in [1.807, 2.05) is 6.07 Å². The molecule has 0 radical (unpaired) electrons. The van der Waals surface area contributed by atoms with Crippen LogP contribution in [0.25, 0.3) is 0 Å². The van der Waals surface area contributed by atoms with Crippen LogP contribution in [-0.2, 0) is 19.8 Å². The number of Topliss-reactive ketones (excluding diaryl/α,β-unsaturated/α-hetero) is 1. The molecular weight excluding hydrogens is 408 g/mol. The Bertz CT molecular complexity index is 1160. The smallest absolute Gasteiger partial charge is 0.204 e. The number of nitriles is 1. The number of benzene rings is 2. The van der Waals surface area contributed by atoms with Crippen LogP contribution < -0.4 is 10.0 Å². The maximum atomic E-state index is 13.8. The van der Waals surface area contributed by atoms with Crippen molar-refractivity contribution in [3.8, 4) is 17.6 Å². The Morgan fingerprint density at radius 2 is 1.97 bits per heavy atom. The quantitative estimate of drug-likeness (QED) is 0.685. The molecule has 0 N–H and O–H groups in total. The Kier molecular flexibility index (Phi) is 4.37. The molecule has 1 aliphatic heterocycles. The SMILES string of the molecule is CP(=O)(c1ccc(Oc2cc(F)cc(C#N)c2)c2c1C1(CC2=O)OCCO1)C1CC1. The number of ketones is 1. The normalized spacial score (nSPS) is 21.3. The molecule has 1 saturated heterocycles. The fourth-order valence-corrected chi connectivity index (χ4v) is 6.98. The van der Waals surface area contributed by atoms with E-state index in [-0.39, 0.29) is 40.5 Å². The van der Waals surface area contributed by atoms with Gasteiger partial charge in [0.15, 0.2) is 5.78 Å². The minimum atomic E-state index is -2.75. The zero-order valence-corrected chi connectivity index (χ0v) is 17.2. The van der Waals surface area contributed by atoms with Crippen molar-refractivity contribution in [3.05, 3.63) is 52.8 Å². The standard InChI is InChI=1S/C22H19FNO5P/c1-30(26,16-2-3-16)19-5-4-18(29-15-9-13(12-24)8-14(23)10-15)20-17(25)11-22(21(19)20)27-6-7-28-22/h4-5,8-10,16H,2-3,6-7,11H2,1H3. The Morgan fingerprint density at radius 3 is 2.63 bits per heavy atom. The molecule has 30 heavy (non-hydrogen) atoms. The van der Waals surface area contributed by atoms with E-state index in [1.54, 1.807) is 18.8 Å². The first kappa shape index (κ1) is 19.4. The Balaban J connectivity index is 1.67. The fraction of sp³-hybridized carbons (Fsp3) is 0.364. The summed E-state index contributed by atoms with van der Waals surface area (Å²) in [6.07, 6.45) is 1.76. The molecule has 8 heteroatoms. The molecule has 1 unspecified atom stereocenters. The number of hydrogen-bond acceptors (Lipinski definition) is 6. The Labute approximate surface area is 172 Å². The summed E-state index contributed by atoms with van der Waals surface area (Å²) in [7, 11) is -2.75. The van der Waals surface area contributed by atoms with E-state index in [0.29, 0.717) is 24.1 Å². The third kappa shape index (κ3) is 2.99. The number of hydrogen-bond donors (Lipinski definition) is 0. The van der Waals surface area contributed by atoms with Crippen LogP contribution in [-0.4, -0.2) is 31.3 Å². The lowest BCUT2D eigenvalue weighted by molar-refractivity contribution is -0.157. The minimum absolute atomic E-state index is 0.0209. The number of ether oxygens (including phenoxy) is 3. The minimum Gasteiger partial charge on any atom is -0.456 e. The molecule has 1 atom stereocenters. The highest BCUT2D eigenvalue weighted by atomic mass is 31.2. The van der Waals surface area contributed by atoms with Gasteiger partial charge in [0, 0.05) is 22.6 Å². The third-order valence-electron chi connectivity index (χ3n) is 5.90. The van der Waals surface area contributed by atoms with Gasteiger partial charge in [-0.15, -0.1) is 0 Å². The van der Waals surface area contributed by atoms with Crippen molar-refractivity contribution in [2.24, 2.45) is 0 Å². The van der Waals surface area contributed by atoms with Gasteiger partial charge >= 0.3 is 0 Å². The molecule has 1 spiro atoms. The maximum Gasteiger partial charge on any atom is 0.204 e. The second kappa shape index (κ2) is 6.75.